The summed E-state index contributed by atoms with van der Waals surface area (Å²) < 4.78 is 13.8. The lowest BCUT2D eigenvalue weighted by Crippen LogP contribution is -2.33. The molecule has 0 saturated carbocycles. The van der Waals surface area contributed by atoms with Crippen molar-refractivity contribution in [2.24, 2.45) is 11.1 Å². The van der Waals surface area contributed by atoms with Gasteiger partial charge in [0.1, 0.15) is 5.82 Å². The van der Waals surface area contributed by atoms with Gasteiger partial charge in [-0.15, -0.1) is 0 Å². The average molecular weight is 236 g/mol. The second kappa shape index (κ2) is 4.75. The van der Waals surface area contributed by atoms with Crippen molar-refractivity contribution in [2.45, 2.75) is 26.3 Å². The van der Waals surface area contributed by atoms with Crippen LogP contribution >= 0.6 is 0 Å². The Kier molecular flexibility index (Phi) is 3.50. The molecule has 1 unspecified atom stereocenters. The van der Waals surface area contributed by atoms with Crippen molar-refractivity contribution in [1.29, 1.82) is 0 Å². The van der Waals surface area contributed by atoms with E-state index in [9.17, 15) is 4.39 Å². The predicted octanol–water partition coefficient (Wildman–Crippen LogP) is 2.56. The van der Waals surface area contributed by atoms with Crippen LogP contribution in [0.2, 0.25) is 0 Å². The van der Waals surface area contributed by atoms with Crippen molar-refractivity contribution in [1.82, 2.24) is 4.90 Å². The topological polar surface area (TPSA) is 29.3 Å². The molecule has 0 spiro atoms. The van der Waals surface area contributed by atoms with E-state index in [4.69, 9.17) is 5.73 Å². The smallest absolute Gasteiger partial charge is 0.128 e. The largest absolute Gasteiger partial charge is 0.329 e. The van der Waals surface area contributed by atoms with Gasteiger partial charge in [0.05, 0.1) is 0 Å². The standard InChI is InChI=1S/C14H21FN2/c1-14(2)7-8-17(10-14)13(9-16)11-5-3-4-6-12(11)15/h3-6,13H,7-10,16H2,1-2H3. The van der Waals surface area contributed by atoms with E-state index in [2.05, 4.69) is 18.7 Å². The fourth-order valence-corrected chi connectivity index (χ4v) is 2.64. The van der Waals surface area contributed by atoms with E-state index >= 15 is 0 Å². The molecular weight excluding hydrogens is 215 g/mol. The lowest BCUT2D eigenvalue weighted by molar-refractivity contribution is 0.219. The Morgan fingerprint density at radius 2 is 2.12 bits per heavy atom. The molecule has 0 bridgehead atoms. The van der Waals surface area contributed by atoms with Crippen LogP contribution in [0.3, 0.4) is 0 Å². The van der Waals surface area contributed by atoms with Gasteiger partial charge in [0.25, 0.3) is 0 Å². The molecule has 1 aromatic carbocycles. The molecule has 0 aliphatic carbocycles. The monoisotopic (exact) mass is 236 g/mol. The number of halogens is 1. The zero-order valence-electron chi connectivity index (χ0n) is 10.6. The van der Waals surface area contributed by atoms with Gasteiger partial charge in [-0.3, -0.25) is 4.90 Å². The summed E-state index contributed by atoms with van der Waals surface area (Å²) in [5.41, 5.74) is 6.88. The van der Waals surface area contributed by atoms with Crippen molar-refractivity contribution in [3.63, 3.8) is 0 Å². The van der Waals surface area contributed by atoms with Gasteiger partial charge in [-0.1, -0.05) is 32.0 Å². The SMILES string of the molecule is CC1(C)CCN(C(CN)c2ccccc2F)C1. The molecule has 0 amide bonds. The third-order valence-corrected chi connectivity index (χ3v) is 3.64. The number of hydrogen-bond donors (Lipinski definition) is 1. The summed E-state index contributed by atoms with van der Waals surface area (Å²) in [7, 11) is 0. The fourth-order valence-electron chi connectivity index (χ4n) is 2.64. The Balaban J connectivity index is 2.21. The molecular formula is C14H21FN2. The third-order valence-electron chi connectivity index (χ3n) is 3.64. The maximum absolute atomic E-state index is 13.8. The highest BCUT2D eigenvalue weighted by atomic mass is 19.1. The van der Waals surface area contributed by atoms with Gasteiger partial charge < -0.3 is 5.73 Å². The molecule has 1 aromatic rings. The molecule has 1 fully saturated rings. The highest BCUT2D eigenvalue weighted by molar-refractivity contribution is 5.22. The number of nitrogens with zero attached hydrogens (tertiary/aromatic N) is 1. The van der Waals surface area contributed by atoms with Crippen LogP contribution < -0.4 is 5.73 Å². The van der Waals surface area contributed by atoms with Crippen LogP contribution in [-0.4, -0.2) is 24.5 Å². The zero-order valence-corrected chi connectivity index (χ0v) is 10.6. The normalized spacial score (nSPS) is 21.6. The molecule has 94 valence electrons. The molecule has 1 saturated heterocycles. The van der Waals surface area contributed by atoms with E-state index in [1.54, 1.807) is 6.07 Å². The first-order chi connectivity index (χ1) is 8.03. The summed E-state index contributed by atoms with van der Waals surface area (Å²) >= 11 is 0. The van der Waals surface area contributed by atoms with Gasteiger partial charge in [-0.25, -0.2) is 4.39 Å². The van der Waals surface area contributed by atoms with E-state index in [0.29, 0.717) is 12.0 Å². The second-order valence-corrected chi connectivity index (χ2v) is 5.66. The Morgan fingerprint density at radius 1 is 1.41 bits per heavy atom. The van der Waals surface area contributed by atoms with Crippen LogP contribution in [-0.2, 0) is 0 Å². The van der Waals surface area contributed by atoms with Gasteiger partial charge >= 0.3 is 0 Å². The predicted molar refractivity (Wildman–Crippen MR) is 68.2 cm³/mol. The highest BCUT2D eigenvalue weighted by Gasteiger charge is 2.34. The van der Waals surface area contributed by atoms with Crippen LogP contribution in [0.25, 0.3) is 0 Å². The summed E-state index contributed by atoms with van der Waals surface area (Å²) in [6, 6.07) is 6.97. The first-order valence-electron chi connectivity index (χ1n) is 6.22. The average Bonchev–Trinajstić information content (AvgIpc) is 2.63. The van der Waals surface area contributed by atoms with Crippen molar-refractivity contribution < 1.29 is 4.39 Å². The third kappa shape index (κ3) is 2.67. The molecule has 17 heavy (non-hydrogen) atoms. The number of nitrogens with two attached hydrogens (primary N) is 1. The molecule has 1 aliphatic heterocycles. The summed E-state index contributed by atoms with van der Waals surface area (Å²) in [4.78, 5) is 2.30. The molecule has 2 N–H and O–H groups in total. The molecule has 1 aliphatic rings. The second-order valence-electron chi connectivity index (χ2n) is 5.66. The summed E-state index contributed by atoms with van der Waals surface area (Å²) in [5, 5.41) is 0. The zero-order chi connectivity index (χ0) is 12.5. The molecule has 3 heteroatoms. The van der Waals surface area contributed by atoms with Gasteiger partial charge in [0, 0.05) is 24.7 Å². The maximum atomic E-state index is 13.8. The van der Waals surface area contributed by atoms with E-state index in [0.717, 1.165) is 25.1 Å². The van der Waals surface area contributed by atoms with Crippen LogP contribution in [0.15, 0.2) is 24.3 Å². The Labute approximate surface area is 103 Å². The maximum Gasteiger partial charge on any atom is 0.128 e. The number of rotatable bonds is 3. The first-order valence-corrected chi connectivity index (χ1v) is 6.22. The molecule has 0 aromatic heterocycles. The summed E-state index contributed by atoms with van der Waals surface area (Å²) in [5.74, 6) is -0.146. The molecule has 1 heterocycles. The Morgan fingerprint density at radius 3 is 2.65 bits per heavy atom. The summed E-state index contributed by atoms with van der Waals surface area (Å²) in [6.45, 7) is 6.97. The van der Waals surface area contributed by atoms with Gasteiger partial charge in [0.15, 0.2) is 0 Å². The number of benzene rings is 1. The molecule has 2 rings (SSSR count). The lowest BCUT2D eigenvalue weighted by atomic mass is 9.93. The van der Waals surface area contributed by atoms with Crippen LogP contribution in [0.1, 0.15) is 31.9 Å². The number of hydrogen-bond acceptors (Lipinski definition) is 2. The van der Waals surface area contributed by atoms with E-state index in [1.807, 2.05) is 12.1 Å². The van der Waals surface area contributed by atoms with Gasteiger partial charge in [-0.2, -0.15) is 0 Å². The Hall–Kier alpha value is -0.930. The van der Waals surface area contributed by atoms with E-state index in [1.165, 1.54) is 6.07 Å². The van der Waals surface area contributed by atoms with Crippen molar-refractivity contribution in [3.05, 3.63) is 35.6 Å². The van der Waals surface area contributed by atoms with E-state index < -0.39 is 0 Å². The van der Waals surface area contributed by atoms with Crippen molar-refractivity contribution in [2.75, 3.05) is 19.6 Å². The van der Waals surface area contributed by atoms with Gasteiger partial charge in [-0.05, 0) is 24.4 Å². The molecule has 0 radical (unpaired) electrons. The van der Waals surface area contributed by atoms with E-state index in [-0.39, 0.29) is 11.9 Å². The molecule has 1 atom stereocenters. The fraction of sp³-hybridized carbons (Fsp3) is 0.571. The minimum absolute atomic E-state index is 0.0120. The summed E-state index contributed by atoms with van der Waals surface area (Å²) in [6.07, 6.45) is 1.15. The highest BCUT2D eigenvalue weighted by Crippen LogP contribution is 2.34. The minimum Gasteiger partial charge on any atom is -0.329 e. The van der Waals surface area contributed by atoms with Crippen LogP contribution in [0, 0.1) is 11.2 Å². The quantitative estimate of drug-likeness (QED) is 0.874. The van der Waals surface area contributed by atoms with Crippen molar-refractivity contribution in [3.8, 4) is 0 Å². The Bertz CT molecular complexity index is 390. The minimum atomic E-state index is -0.146. The number of likely N-dealkylation sites (tertiary alicyclic amines) is 1. The van der Waals surface area contributed by atoms with Gasteiger partial charge in [0.2, 0.25) is 0 Å². The van der Waals surface area contributed by atoms with Crippen molar-refractivity contribution >= 4 is 0 Å². The molecule has 2 nitrogen and oxygen atoms in total. The van der Waals surface area contributed by atoms with Crippen LogP contribution in [0.5, 0.6) is 0 Å². The van der Waals surface area contributed by atoms with Crippen LogP contribution in [0.4, 0.5) is 4.39 Å². The first kappa shape index (κ1) is 12.5. The lowest BCUT2D eigenvalue weighted by Gasteiger charge is -2.28.